The Labute approximate surface area is 128 Å². The molecule has 2 aromatic heterocycles. The number of rotatable bonds is 1. The summed E-state index contributed by atoms with van der Waals surface area (Å²) in [5.41, 5.74) is 2.06. The highest BCUT2D eigenvalue weighted by Crippen LogP contribution is 2.21. The van der Waals surface area contributed by atoms with E-state index >= 15 is 0 Å². The predicted molar refractivity (Wildman–Crippen MR) is 89.7 cm³/mol. The van der Waals surface area contributed by atoms with E-state index in [0.29, 0.717) is 4.90 Å². The average Bonchev–Trinajstić information content (AvgIpc) is 3.14. The van der Waals surface area contributed by atoms with Crippen molar-refractivity contribution < 1.29 is 8.42 Å². The Morgan fingerprint density at radius 2 is 1.50 bits per heavy atom. The summed E-state index contributed by atoms with van der Waals surface area (Å²) in [5, 5.41) is 2.03. The van der Waals surface area contributed by atoms with Crippen molar-refractivity contribution in [1.82, 2.24) is 9.97 Å². The smallest absolute Gasteiger partial charge is 0.177 e. The molecule has 0 aliphatic carbocycles. The molecule has 4 aromatic rings. The van der Waals surface area contributed by atoms with Crippen LogP contribution in [0.25, 0.3) is 21.8 Å². The van der Waals surface area contributed by atoms with Crippen LogP contribution < -0.4 is 0 Å². The molecule has 22 heavy (non-hydrogen) atoms. The van der Waals surface area contributed by atoms with Gasteiger partial charge in [-0.05, 0) is 23.6 Å². The molecule has 0 unspecified atom stereocenters. The van der Waals surface area contributed by atoms with E-state index in [2.05, 4.69) is 28.2 Å². The summed E-state index contributed by atoms with van der Waals surface area (Å²) in [6, 6.07) is 17.6. The van der Waals surface area contributed by atoms with Crippen LogP contribution in [0.5, 0.6) is 0 Å². The molecule has 0 fully saturated rings. The molecule has 0 saturated heterocycles. The van der Waals surface area contributed by atoms with E-state index in [9.17, 15) is 8.42 Å². The van der Waals surface area contributed by atoms with Gasteiger partial charge in [-0.3, -0.25) is 0 Å². The molecule has 2 aromatic carbocycles. The zero-order chi connectivity index (χ0) is 15.6. The minimum atomic E-state index is -3.12. The largest absolute Gasteiger partial charge is 0.361 e. The highest BCUT2D eigenvalue weighted by molar-refractivity contribution is 7.91. The van der Waals surface area contributed by atoms with E-state index < -0.39 is 9.84 Å². The van der Waals surface area contributed by atoms with Crippen molar-refractivity contribution in [3.63, 3.8) is 0 Å². The maximum Gasteiger partial charge on any atom is 0.177 e. The number of H-pyrrole nitrogens is 2. The van der Waals surface area contributed by atoms with Crippen LogP contribution >= 0.6 is 0 Å². The van der Waals surface area contributed by atoms with Gasteiger partial charge in [-0.2, -0.15) is 0 Å². The zero-order valence-corrected chi connectivity index (χ0v) is 12.9. The van der Waals surface area contributed by atoms with Crippen molar-refractivity contribution in [3.8, 4) is 0 Å². The summed E-state index contributed by atoms with van der Waals surface area (Å²) in [7, 11) is -3.12. The van der Waals surface area contributed by atoms with Crippen molar-refractivity contribution >= 4 is 31.6 Å². The summed E-state index contributed by atoms with van der Waals surface area (Å²) in [6.07, 6.45) is 4.69. The average molecular weight is 312 g/mol. The van der Waals surface area contributed by atoms with Gasteiger partial charge in [-0.15, -0.1) is 0 Å². The van der Waals surface area contributed by atoms with E-state index in [1.165, 1.54) is 23.4 Å². The second kappa shape index (κ2) is 5.69. The molecule has 4 nitrogen and oxygen atoms in total. The molecule has 0 aliphatic rings. The molecular weight excluding hydrogens is 296 g/mol. The van der Waals surface area contributed by atoms with Crippen LogP contribution in [0.2, 0.25) is 0 Å². The molecule has 0 amide bonds. The summed E-state index contributed by atoms with van der Waals surface area (Å²) in [4.78, 5) is 6.40. The minimum absolute atomic E-state index is 0.364. The van der Waals surface area contributed by atoms with E-state index in [4.69, 9.17) is 0 Å². The fraction of sp³-hybridized carbons (Fsp3) is 0.0588. The molecule has 112 valence electrons. The molecule has 0 bridgehead atoms. The summed E-state index contributed by atoms with van der Waals surface area (Å²) in [5.74, 6) is 0. The monoisotopic (exact) mass is 312 g/mol. The van der Waals surface area contributed by atoms with Gasteiger partial charge in [0, 0.05) is 35.1 Å². The van der Waals surface area contributed by atoms with Crippen LogP contribution in [0, 0.1) is 0 Å². The number of sulfone groups is 1. The third-order valence-corrected chi connectivity index (χ3v) is 4.55. The van der Waals surface area contributed by atoms with Gasteiger partial charge in [0.1, 0.15) is 0 Å². The molecule has 5 heteroatoms. The minimum Gasteiger partial charge on any atom is -0.361 e. The highest BCUT2D eigenvalue weighted by Gasteiger charge is 2.12. The molecule has 0 aliphatic heterocycles. The Morgan fingerprint density at radius 3 is 2.23 bits per heavy atom. The molecule has 2 N–H and O–H groups in total. The van der Waals surface area contributed by atoms with Gasteiger partial charge < -0.3 is 9.97 Å². The predicted octanol–water partition coefficient (Wildman–Crippen LogP) is 3.74. The lowest BCUT2D eigenvalue weighted by Gasteiger charge is -1.93. The SMILES string of the molecule is CS(=O)(=O)c1c[nH]c2ccccc12.c1ccc2[nH]ccc2c1. The Hall–Kier alpha value is -2.53. The van der Waals surface area contributed by atoms with E-state index in [0.717, 1.165) is 10.9 Å². The Balaban J connectivity index is 0.000000139. The van der Waals surface area contributed by atoms with Crippen molar-refractivity contribution in [3.05, 3.63) is 67.0 Å². The normalized spacial score (nSPS) is 11.3. The van der Waals surface area contributed by atoms with Crippen LogP contribution in [-0.4, -0.2) is 24.6 Å². The first-order chi connectivity index (χ1) is 10.6. The van der Waals surface area contributed by atoms with Gasteiger partial charge in [-0.25, -0.2) is 8.42 Å². The number of fused-ring (bicyclic) bond motifs is 2. The van der Waals surface area contributed by atoms with E-state index in [1.807, 2.05) is 36.5 Å². The molecular formula is C17H16N2O2S. The van der Waals surface area contributed by atoms with Crippen LogP contribution in [0.1, 0.15) is 0 Å². The first-order valence-corrected chi connectivity index (χ1v) is 8.73. The number of aromatic nitrogens is 2. The first-order valence-electron chi connectivity index (χ1n) is 6.84. The molecule has 0 radical (unpaired) electrons. The summed E-state index contributed by atoms with van der Waals surface area (Å²) < 4.78 is 22.6. The van der Waals surface area contributed by atoms with Gasteiger partial charge in [0.05, 0.1) is 4.90 Å². The Bertz CT molecular complexity index is 983. The van der Waals surface area contributed by atoms with Gasteiger partial charge >= 0.3 is 0 Å². The van der Waals surface area contributed by atoms with Crippen molar-refractivity contribution in [2.45, 2.75) is 4.90 Å². The fourth-order valence-corrected chi connectivity index (χ4v) is 3.20. The number of para-hydroxylation sites is 2. The molecule has 0 atom stereocenters. The second-order valence-electron chi connectivity index (χ2n) is 5.04. The van der Waals surface area contributed by atoms with Crippen LogP contribution in [0.3, 0.4) is 0 Å². The number of aromatic amines is 2. The van der Waals surface area contributed by atoms with Crippen molar-refractivity contribution in [2.24, 2.45) is 0 Å². The van der Waals surface area contributed by atoms with Gasteiger partial charge in [0.25, 0.3) is 0 Å². The fourth-order valence-electron chi connectivity index (χ4n) is 2.35. The summed E-state index contributed by atoms with van der Waals surface area (Å²) in [6.45, 7) is 0. The van der Waals surface area contributed by atoms with Crippen LogP contribution in [0.4, 0.5) is 0 Å². The van der Waals surface area contributed by atoms with Gasteiger partial charge in [-0.1, -0.05) is 36.4 Å². The molecule has 2 heterocycles. The maximum atomic E-state index is 11.3. The van der Waals surface area contributed by atoms with Gasteiger partial charge in [0.2, 0.25) is 0 Å². The number of hydrogen-bond donors (Lipinski definition) is 2. The van der Waals surface area contributed by atoms with E-state index in [-0.39, 0.29) is 0 Å². The van der Waals surface area contributed by atoms with Crippen LogP contribution in [0.15, 0.2) is 71.9 Å². The number of benzene rings is 2. The number of nitrogens with one attached hydrogen (secondary N) is 2. The molecule has 4 rings (SSSR count). The second-order valence-corrected chi connectivity index (χ2v) is 7.02. The van der Waals surface area contributed by atoms with Crippen molar-refractivity contribution in [2.75, 3.05) is 6.26 Å². The van der Waals surface area contributed by atoms with E-state index in [1.54, 1.807) is 6.07 Å². The lowest BCUT2D eigenvalue weighted by molar-refractivity contribution is 0.602. The van der Waals surface area contributed by atoms with Crippen molar-refractivity contribution in [1.29, 1.82) is 0 Å². The maximum absolute atomic E-state index is 11.3. The highest BCUT2D eigenvalue weighted by atomic mass is 32.2. The quantitative estimate of drug-likeness (QED) is 0.562. The topological polar surface area (TPSA) is 65.7 Å². The Morgan fingerprint density at radius 1 is 0.818 bits per heavy atom. The lowest BCUT2D eigenvalue weighted by Crippen LogP contribution is -1.94. The third kappa shape index (κ3) is 2.89. The number of hydrogen-bond acceptors (Lipinski definition) is 2. The first kappa shape index (κ1) is 14.4. The lowest BCUT2D eigenvalue weighted by atomic mass is 10.2. The summed E-state index contributed by atoms with van der Waals surface area (Å²) >= 11 is 0. The van der Waals surface area contributed by atoms with Crippen LogP contribution in [-0.2, 0) is 9.84 Å². The standard InChI is InChI=1S/C9H9NO2S.C8H7N/c1-13(11,12)9-6-10-8-5-3-2-4-7(8)9;1-2-4-8-7(3-1)5-6-9-8/h2-6,10H,1H3;1-6,9H. The van der Waals surface area contributed by atoms with Gasteiger partial charge in [0.15, 0.2) is 9.84 Å². The molecule has 0 saturated carbocycles. The third-order valence-electron chi connectivity index (χ3n) is 3.41. The Kier molecular flexibility index (Phi) is 3.73. The molecule has 0 spiro atoms. The zero-order valence-electron chi connectivity index (χ0n) is 12.1.